The number of nitrogens with one attached hydrogen (secondary N) is 1. The minimum atomic E-state index is -0.183. The molecule has 1 N–H and O–H groups in total. The number of benzene rings is 2. The number of unbranched alkanes of at least 4 members (excludes halogenated alkanes) is 2. The molecule has 0 spiro atoms. The molecule has 2 rings (SSSR count). The van der Waals surface area contributed by atoms with Crippen molar-refractivity contribution >= 4 is 28.7 Å². The standard InChI is InChI=1S/C20H23NO3/c1-24-20(23)9-3-2-6-14-21-19(22)13-11-16-10-12-17-7-4-5-8-18(17)15-16/h4-5,7-8,10-13,15H,2-3,6,9,14H2,1H3,(H,21,22). The number of rotatable bonds is 8. The van der Waals surface area contributed by atoms with Gasteiger partial charge in [0.15, 0.2) is 0 Å². The molecule has 0 bridgehead atoms. The van der Waals surface area contributed by atoms with E-state index in [2.05, 4.69) is 28.3 Å². The second-order valence-corrected chi connectivity index (χ2v) is 5.62. The van der Waals surface area contributed by atoms with Crippen molar-refractivity contribution in [3.05, 3.63) is 54.1 Å². The van der Waals surface area contributed by atoms with Crippen LogP contribution in [0.3, 0.4) is 0 Å². The highest BCUT2D eigenvalue weighted by molar-refractivity contribution is 5.92. The van der Waals surface area contributed by atoms with Gasteiger partial charge in [-0.05, 0) is 41.3 Å². The van der Waals surface area contributed by atoms with E-state index in [1.807, 2.05) is 30.3 Å². The fourth-order valence-electron chi connectivity index (χ4n) is 2.43. The van der Waals surface area contributed by atoms with Crippen LogP contribution >= 0.6 is 0 Å². The Morgan fingerprint density at radius 1 is 1.04 bits per heavy atom. The Kier molecular flexibility index (Phi) is 7.02. The number of hydrogen-bond acceptors (Lipinski definition) is 3. The zero-order valence-corrected chi connectivity index (χ0v) is 14.0. The second-order valence-electron chi connectivity index (χ2n) is 5.62. The molecule has 0 radical (unpaired) electrons. The number of carbonyl (C=O) groups is 2. The number of esters is 1. The first-order valence-corrected chi connectivity index (χ1v) is 8.20. The van der Waals surface area contributed by atoms with Gasteiger partial charge >= 0.3 is 5.97 Å². The summed E-state index contributed by atoms with van der Waals surface area (Å²) >= 11 is 0. The lowest BCUT2D eigenvalue weighted by Crippen LogP contribution is -2.22. The third-order valence-corrected chi connectivity index (χ3v) is 3.79. The van der Waals surface area contributed by atoms with Crippen LogP contribution in [0.15, 0.2) is 48.5 Å². The van der Waals surface area contributed by atoms with Crippen LogP contribution in [0.2, 0.25) is 0 Å². The Morgan fingerprint density at radius 2 is 1.83 bits per heavy atom. The van der Waals surface area contributed by atoms with Crippen molar-refractivity contribution in [3.63, 3.8) is 0 Å². The van der Waals surface area contributed by atoms with E-state index in [0.717, 1.165) is 30.2 Å². The quantitative estimate of drug-likeness (QED) is 0.457. The van der Waals surface area contributed by atoms with Crippen LogP contribution < -0.4 is 5.32 Å². The molecular weight excluding hydrogens is 302 g/mol. The monoisotopic (exact) mass is 325 g/mol. The lowest BCUT2D eigenvalue weighted by molar-refractivity contribution is -0.140. The van der Waals surface area contributed by atoms with Crippen LogP contribution in [0.1, 0.15) is 31.2 Å². The maximum absolute atomic E-state index is 11.8. The van der Waals surface area contributed by atoms with Gasteiger partial charge in [0.25, 0.3) is 0 Å². The number of hydrogen-bond donors (Lipinski definition) is 1. The average molecular weight is 325 g/mol. The van der Waals surface area contributed by atoms with E-state index < -0.39 is 0 Å². The first-order chi connectivity index (χ1) is 11.7. The fourth-order valence-corrected chi connectivity index (χ4v) is 2.43. The van der Waals surface area contributed by atoms with Crippen molar-refractivity contribution in [2.24, 2.45) is 0 Å². The third kappa shape index (κ3) is 5.88. The molecule has 0 fully saturated rings. The third-order valence-electron chi connectivity index (χ3n) is 3.79. The van der Waals surface area contributed by atoms with Crippen molar-refractivity contribution in [1.29, 1.82) is 0 Å². The molecule has 2 aromatic carbocycles. The summed E-state index contributed by atoms with van der Waals surface area (Å²) in [6.07, 6.45) is 6.34. The van der Waals surface area contributed by atoms with E-state index in [4.69, 9.17) is 0 Å². The number of ether oxygens (including phenoxy) is 1. The van der Waals surface area contributed by atoms with E-state index in [1.54, 1.807) is 6.08 Å². The molecule has 0 aliphatic heterocycles. The molecule has 4 nitrogen and oxygen atoms in total. The largest absolute Gasteiger partial charge is 0.469 e. The normalized spacial score (nSPS) is 10.9. The minimum Gasteiger partial charge on any atom is -0.469 e. The van der Waals surface area contributed by atoms with Gasteiger partial charge in [-0.25, -0.2) is 0 Å². The van der Waals surface area contributed by atoms with Gasteiger partial charge < -0.3 is 10.1 Å². The zero-order chi connectivity index (χ0) is 17.2. The van der Waals surface area contributed by atoms with Crippen LogP contribution in [-0.4, -0.2) is 25.5 Å². The Bertz CT molecular complexity index is 722. The highest BCUT2D eigenvalue weighted by Gasteiger charge is 2.00. The maximum Gasteiger partial charge on any atom is 0.305 e. The molecular formula is C20H23NO3. The van der Waals surface area contributed by atoms with E-state index in [9.17, 15) is 9.59 Å². The van der Waals surface area contributed by atoms with Gasteiger partial charge in [-0.2, -0.15) is 0 Å². The molecule has 0 heterocycles. The second kappa shape index (κ2) is 9.50. The molecule has 0 saturated heterocycles. The number of carbonyl (C=O) groups excluding carboxylic acids is 2. The van der Waals surface area contributed by atoms with Gasteiger partial charge in [-0.15, -0.1) is 0 Å². The van der Waals surface area contributed by atoms with Crippen molar-refractivity contribution in [1.82, 2.24) is 5.32 Å². The average Bonchev–Trinajstić information content (AvgIpc) is 2.62. The lowest BCUT2D eigenvalue weighted by Gasteiger charge is -2.02. The van der Waals surface area contributed by atoms with Crippen LogP contribution in [0.25, 0.3) is 16.8 Å². The Hall–Kier alpha value is -2.62. The molecule has 126 valence electrons. The summed E-state index contributed by atoms with van der Waals surface area (Å²) in [6.45, 7) is 0.613. The summed E-state index contributed by atoms with van der Waals surface area (Å²) in [4.78, 5) is 22.7. The van der Waals surface area contributed by atoms with Crippen LogP contribution in [-0.2, 0) is 14.3 Å². The van der Waals surface area contributed by atoms with Crippen LogP contribution in [0.4, 0.5) is 0 Å². The molecule has 0 aliphatic rings. The number of amides is 1. The Morgan fingerprint density at radius 3 is 2.62 bits per heavy atom. The number of fused-ring (bicyclic) bond motifs is 1. The predicted octanol–water partition coefficient (Wildman–Crippen LogP) is 3.70. The molecule has 0 atom stereocenters. The maximum atomic E-state index is 11.8. The van der Waals surface area contributed by atoms with Gasteiger partial charge in [0.1, 0.15) is 0 Å². The summed E-state index contributed by atoms with van der Waals surface area (Å²) in [5, 5.41) is 5.19. The fraction of sp³-hybridized carbons (Fsp3) is 0.300. The highest BCUT2D eigenvalue weighted by atomic mass is 16.5. The summed E-state index contributed by atoms with van der Waals surface area (Å²) in [5.74, 6) is -0.284. The molecule has 24 heavy (non-hydrogen) atoms. The smallest absolute Gasteiger partial charge is 0.305 e. The van der Waals surface area contributed by atoms with Gasteiger partial charge in [0, 0.05) is 19.0 Å². The van der Waals surface area contributed by atoms with Crippen LogP contribution in [0.5, 0.6) is 0 Å². The first kappa shape index (κ1) is 17.7. The number of methoxy groups -OCH3 is 1. The van der Waals surface area contributed by atoms with Gasteiger partial charge in [-0.3, -0.25) is 9.59 Å². The zero-order valence-electron chi connectivity index (χ0n) is 14.0. The van der Waals surface area contributed by atoms with Gasteiger partial charge in [-0.1, -0.05) is 42.8 Å². The summed E-state index contributed by atoms with van der Waals surface area (Å²) in [7, 11) is 1.39. The molecule has 0 saturated carbocycles. The molecule has 0 aliphatic carbocycles. The predicted molar refractivity (Wildman–Crippen MR) is 96.5 cm³/mol. The molecule has 1 amide bonds. The van der Waals surface area contributed by atoms with E-state index >= 15 is 0 Å². The van der Waals surface area contributed by atoms with Crippen molar-refractivity contribution in [2.45, 2.75) is 25.7 Å². The minimum absolute atomic E-state index is 0.101. The van der Waals surface area contributed by atoms with Gasteiger partial charge in [0.2, 0.25) is 5.91 Å². The highest BCUT2D eigenvalue weighted by Crippen LogP contribution is 2.16. The SMILES string of the molecule is COC(=O)CCCCCNC(=O)C=Cc1ccc2ccccc2c1. The Labute approximate surface area is 142 Å². The van der Waals surface area contributed by atoms with Crippen LogP contribution in [0, 0.1) is 0 Å². The van der Waals surface area contributed by atoms with Crippen molar-refractivity contribution < 1.29 is 14.3 Å². The topological polar surface area (TPSA) is 55.4 Å². The van der Waals surface area contributed by atoms with Gasteiger partial charge in [0.05, 0.1) is 7.11 Å². The first-order valence-electron chi connectivity index (χ1n) is 8.20. The van der Waals surface area contributed by atoms with Crippen molar-refractivity contribution in [2.75, 3.05) is 13.7 Å². The van der Waals surface area contributed by atoms with E-state index in [-0.39, 0.29) is 11.9 Å². The molecule has 0 aromatic heterocycles. The van der Waals surface area contributed by atoms with Crippen molar-refractivity contribution in [3.8, 4) is 0 Å². The molecule has 0 unspecified atom stereocenters. The van der Waals surface area contributed by atoms with E-state index in [1.165, 1.54) is 12.5 Å². The molecule has 4 heteroatoms. The summed E-state index contributed by atoms with van der Waals surface area (Å²) < 4.78 is 4.58. The molecule has 2 aromatic rings. The summed E-state index contributed by atoms with van der Waals surface area (Å²) in [6, 6.07) is 14.2. The summed E-state index contributed by atoms with van der Waals surface area (Å²) in [5.41, 5.74) is 1.00. The van der Waals surface area contributed by atoms with E-state index in [0.29, 0.717) is 13.0 Å². The lowest BCUT2D eigenvalue weighted by atomic mass is 10.1. The Balaban J connectivity index is 1.71.